The van der Waals surface area contributed by atoms with Crippen molar-refractivity contribution in [2.24, 2.45) is 17.6 Å². The van der Waals surface area contributed by atoms with Crippen molar-refractivity contribution in [2.45, 2.75) is 26.2 Å². The summed E-state index contributed by atoms with van der Waals surface area (Å²) in [4.78, 5) is 26.6. The van der Waals surface area contributed by atoms with Crippen LogP contribution in [-0.2, 0) is 4.79 Å². The first-order valence-electron chi connectivity index (χ1n) is 10.0. The minimum Gasteiger partial charge on any atom is -0.338 e. The molecule has 0 aromatic heterocycles. The molecule has 1 heterocycles. The number of nitrogens with two attached hydrogens (primary N) is 1. The number of benzene rings is 2. The monoisotopic (exact) mass is 433 g/mol. The summed E-state index contributed by atoms with van der Waals surface area (Å²) >= 11 is 0. The highest BCUT2D eigenvalue weighted by Crippen LogP contribution is 2.33. The zero-order valence-electron chi connectivity index (χ0n) is 17.3. The van der Waals surface area contributed by atoms with Crippen molar-refractivity contribution in [3.05, 3.63) is 65.5 Å². The standard InChI is InChI=1S/C23H28FN3O2.ClH/c1-15(2)10-22(28)26-21-9-8-17(11-20(21)24)23(29)27-13-18(12-25)19(14-27)16-6-4-3-5-7-16;/h3-9,11,15,18-19H,10,12-14,25H2,1-2H3,(H,26,28);1H/t18-,19+;/m1./s1. The summed E-state index contributed by atoms with van der Waals surface area (Å²) in [6, 6.07) is 14.2. The van der Waals surface area contributed by atoms with Crippen LogP contribution < -0.4 is 11.1 Å². The third-order valence-corrected chi connectivity index (χ3v) is 5.34. The van der Waals surface area contributed by atoms with E-state index < -0.39 is 5.82 Å². The van der Waals surface area contributed by atoms with Crippen molar-refractivity contribution in [1.82, 2.24) is 4.90 Å². The van der Waals surface area contributed by atoms with Crippen molar-refractivity contribution in [1.29, 1.82) is 0 Å². The Morgan fingerprint density at radius 1 is 1.17 bits per heavy atom. The molecule has 3 rings (SSSR count). The van der Waals surface area contributed by atoms with Crippen molar-refractivity contribution >= 4 is 29.9 Å². The molecule has 0 radical (unpaired) electrons. The van der Waals surface area contributed by atoms with Gasteiger partial charge in [0.1, 0.15) is 5.82 Å². The first-order valence-corrected chi connectivity index (χ1v) is 10.0. The highest BCUT2D eigenvalue weighted by Gasteiger charge is 2.35. The van der Waals surface area contributed by atoms with E-state index in [1.807, 2.05) is 32.0 Å². The van der Waals surface area contributed by atoms with Crippen molar-refractivity contribution in [2.75, 3.05) is 25.0 Å². The maximum absolute atomic E-state index is 14.5. The summed E-state index contributed by atoms with van der Waals surface area (Å²) in [7, 11) is 0. The second-order valence-corrected chi connectivity index (χ2v) is 8.06. The fourth-order valence-electron chi connectivity index (χ4n) is 3.86. The summed E-state index contributed by atoms with van der Waals surface area (Å²) in [5.74, 6) is -0.551. The Bertz CT molecular complexity index is 876. The van der Waals surface area contributed by atoms with Gasteiger partial charge in [-0.15, -0.1) is 12.4 Å². The molecule has 1 aliphatic rings. The van der Waals surface area contributed by atoms with Crippen molar-refractivity contribution in [3.8, 4) is 0 Å². The molecule has 0 spiro atoms. The third-order valence-electron chi connectivity index (χ3n) is 5.34. The first-order chi connectivity index (χ1) is 13.9. The van der Waals surface area contributed by atoms with Gasteiger partial charge in [0.25, 0.3) is 5.91 Å². The maximum Gasteiger partial charge on any atom is 0.253 e. The van der Waals surface area contributed by atoms with Crippen LogP contribution in [0.1, 0.15) is 42.1 Å². The van der Waals surface area contributed by atoms with E-state index in [4.69, 9.17) is 5.73 Å². The molecule has 7 heteroatoms. The lowest BCUT2D eigenvalue weighted by molar-refractivity contribution is -0.116. The molecule has 1 aliphatic heterocycles. The molecule has 5 nitrogen and oxygen atoms in total. The largest absolute Gasteiger partial charge is 0.338 e. The summed E-state index contributed by atoms with van der Waals surface area (Å²) in [5, 5.41) is 2.57. The fourth-order valence-corrected chi connectivity index (χ4v) is 3.86. The van der Waals surface area contributed by atoms with Gasteiger partial charge in [-0.1, -0.05) is 44.2 Å². The molecule has 2 amide bonds. The van der Waals surface area contributed by atoms with Gasteiger partial charge in [-0.25, -0.2) is 4.39 Å². The molecule has 162 valence electrons. The number of amides is 2. The Kier molecular flexibility index (Phi) is 8.38. The Morgan fingerprint density at radius 3 is 2.47 bits per heavy atom. The molecule has 2 aromatic rings. The minimum absolute atomic E-state index is 0. The highest BCUT2D eigenvalue weighted by atomic mass is 35.5. The van der Waals surface area contributed by atoms with Crippen LogP contribution in [0.3, 0.4) is 0 Å². The zero-order valence-corrected chi connectivity index (χ0v) is 18.1. The molecule has 0 bridgehead atoms. The number of nitrogens with one attached hydrogen (secondary N) is 1. The summed E-state index contributed by atoms with van der Waals surface area (Å²) in [6.07, 6.45) is 0.315. The number of rotatable bonds is 6. The van der Waals surface area contributed by atoms with E-state index in [-0.39, 0.29) is 53.2 Å². The number of carbonyl (C=O) groups excluding carboxylic acids is 2. The number of anilines is 1. The van der Waals surface area contributed by atoms with E-state index in [0.717, 1.165) is 5.56 Å². The van der Waals surface area contributed by atoms with Crippen LogP contribution in [0.25, 0.3) is 0 Å². The number of likely N-dealkylation sites (tertiary alicyclic amines) is 1. The van der Waals surface area contributed by atoms with E-state index in [9.17, 15) is 14.0 Å². The van der Waals surface area contributed by atoms with Crippen molar-refractivity contribution in [3.63, 3.8) is 0 Å². The molecule has 0 unspecified atom stereocenters. The highest BCUT2D eigenvalue weighted by molar-refractivity contribution is 5.96. The molecule has 3 N–H and O–H groups in total. The van der Waals surface area contributed by atoms with Gasteiger partial charge in [0.15, 0.2) is 0 Å². The van der Waals surface area contributed by atoms with E-state index in [1.165, 1.54) is 12.1 Å². The van der Waals surface area contributed by atoms with Gasteiger partial charge in [0.2, 0.25) is 5.91 Å². The van der Waals surface area contributed by atoms with Gasteiger partial charge in [-0.2, -0.15) is 0 Å². The summed E-state index contributed by atoms with van der Waals surface area (Å²) < 4.78 is 14.5. The quantitative estimate of drug-likeness (QED) is 0.721. The van der Waals surface area contributed by atoms with Gasteiger partial charge in [0.05, 0.1) is 5.69 Å². The number of hydrogen-bond donors (Lipinski definition) is 2. The van der Waals surface area contributed by atoms with Crippen molar-refractivity contribution < 1.29 is 14.0 Å². The van der Waals surface area contributed by atoms with E-state index in [2.05, 4.69) is 17.4 Å². The number of halogens is 2. The Balaban J connectivity index is 0.00000320. The van der Waals surface area contributed by atoms with Crippen LogP contribution in [0.2, 0.25) is 0 Å². The number of carbonyl (C=O) groups is 2. The summed E-state index contributed by atoms with van der Waals surface area (Å²) in [5.41, 5.74) is 7.47. The molecule has 2 aromatic carbocycles. The van der Waals surface area contributed by atoms with Crippen LogP contribution in [0.15, 0.2) is 48.5 Å². The van der Waals surface area contributed by atoms with Gasteiger partial charge in [-0.05, 0) is 42.1 Å². The smallest absolute Gasteiger partial charge is 0.253 e. The minimum atomic E-state index is -0.609. The summed E-state index contributed by atoms with van der Waals surface area (Å²) in [6.45, 7) is 5.43. The lowest BCUT2D eigenvalue weighted by atomic mass is 9.89. The zero-order chi connectivity index (χ0) is 21.0. The average Bonchev–Trinajstić information content (AvgIpc) is 3.13. The second-order valence-electron chi connectivity index (χ2n) is 8.06. The predicted octanol–water partition coefficient (Wildman–Crippen LogP) is 4.05. The molecule has 0 saturated carbocycles. The normalized spacial score (nSPS) is 18.2. The van der Waals surface area contributed by atoms with Gasteiger partial charge >= 0.3 is 0 Å². The second kappa shape index (κ2) is 10.5. The van der Waals surface area contributed by atoms with Crippen LogP contribution in [0, 0.1) is 17.7 Å². The van der Waals surface area contributed by atoms with Crippen LogP contribution in [0.5, 0.6) is 0 Å². The fraction of sp³-hybridized carbons (Fsp3) is 0.391. The predicted molar refractivity (Wildman–Crippen MR) is 119 cm³/mol. The Labute approximate surface area is 183 Å². The molecule has 1 saturated heterocycles. The Morgan fingerprint density at radius 2 is 1.87 bits per heavy atom. The molecular weight excluding hydrogens is 405 g/mol. The van der Waals surface area contributed by atoms with Gasteiger partial charge in [-0.3, -0.25) is 9.59 Å². The molecule has 1 fully saturated rings. The van der Waals surface area contributed by atoms with Crippen LogP contribution in [-0.4, -0.2) is 36.3 Å². The molecule has 2 atom stereocenters. The topological polar surface area (TPSA) is 75.4 Å². The SMILES string of the molecule is CC(C)CC(=O)Nc1ccc(C(=O)N2C[C@@H](CN)[C@H](c3ccccc3)C2)cc1F.Cl. The van der Waals surface area contributed by atoms with Crippen LogP contribution in [0.4, 0.5) is 10.1 Å². The number of hydrogen-bond acceptors (Lipinski definition) is 3. The number of nitrogens with zero attached hydrogens (tertiary/aromatic N) is 1. The third kappa shape index (κ3) is 5.58. The molecule has 30 heavy (non-hydrogen) atoms. The molecule has 0 aliphatic carbocycles. The lowest BCUT2D eigenvalue weighted by Gasteiger charge is -2.17. The van der Waals surface area contributed by atoms with Gasteiger partial charge < -0.3 is 16.0 Å². The van der Waals surface area contributed by atoms with E-state index in [1.54, 1.807) is 11.0 Å². The maximum atomic E-state index is 14.5. The average molecular weight is 434 g/mol. The lowest BCUT2D eigenvalue weighted by Crippen LogP contribution is -2.30. The van der Waals surface area contributed by atoms with Gasteiger partial charge in [0, 0.05) is 31.0 Å². The van der Waals surface area contributed by atoms with E-state index in [0.29, 0.717) is 26.1 Å². The molecular formula is C23H29ClFN3O2. The van der Waals surface area contributed by atoms with Crippen LogP contribution >= 0.6 is 12.4 Å². The first kappa shape index (κ1) is 23.8. The Hall–Kier alpha value is -2.44. The van der Waals surface area contributed by atoms with E-state index >= 15 is 0 Å².